The van der Waals surface area contributed by atoms with Gasteiger partial charge in [-0.2, -0.15) is 0 Å². The summed E-state index contributed by atoms with van der Waals surface area (Å²) in [7, 11) is -2.13. The van der Waals surface area contributed by atoms with Crippen LogP contribution in [0.25, 0.3) is 0 Å². The first-order valence-corrected chi connectivity index (χ1v) is 7.52. The molecule has 2 atom stereocenters. The molecule has 108 valence electrons. The Morgan fingerprint density at radius 2 is 2.00 bits per heavy atom. The van der Waals surface area contributed by atoms with Crippen molar-refractivity contribution in [3.63, 3.8) is 0 Å². The predicted octanol–water partition coefficient (Wildman–Crippen LogP) is 0.748. The lowest BCUT2D eigenvalue weighted by molar-refractivity contribution is 0.179. The molecule has 1 aromatic carbocycles. The maximum absolute atomic E-state index is 11.6. The summed E-state index contributed by atoms with van der Waals surface area (Å²) in [6.45, 7) is 3.63. The van der Waals surface area contributed by atoms with Crippen molar-refractivity contribution in [3.8, 4) is 0 Å². The Morgan fingerprint density at radius 3 is 2.47 bits per heavy atom. The highest BCUT2D eigenvalue weighted by Crippen LogP contribution is 2.23. The van der Waals surface area contributed by atoms with Gasteiger partial charge >= 0.3 is 0 Å². The number of nitrogen functional groups attached to an aromatic ring is 1. The van der Waals surface area contributed by atoms with Gasteiger partial charge in [0.25, 0.3) is 0 Å². The van der Waals surface area contributed by atoms with E-state index in [9.17, 15) is 13.5 Å². The van der Waals surface area contributed by atoms with Gasteiger partial charge < -0.3 is 16.2 Å². The number of anilines is 2. The Labute approximate surface area is 114 Å². The highest BCUT2D eigenvalue weighted by Gasteiger charge is 2.14. The fraction of sp³-hybridized carbons (Fsp3) is 0.500. The Kier molecular flexibility index (Phi) is 5.16. The summed E-state index contributed by atoms with van der Waals surface area (Å²) in [6.07, 6.45) is 0.170. The molecule has 0 amide bonds. The highest BCUT2D eigenvalue weighted by atomic mass is 32.2. The number of hydrogen-bond acceptors (Lipinski definition) is 5. The molecule has 0 fully saturated rings. The van der Waals surface area contributed by atoms with Crippen molar-refractivity contribution in [1.29, 1.82) is 0 Å². The molecular formula is C12H21N3O3S. The minimum atomic E-state index is -3.48. The van der Waals surface area contributed by atoms with Crippen molar-refractivity contribution in [2.24, 2.45) is 0 Å². The normalized spacial score (nSPS) is 14.9. The van der Waals surface area contributed by atoms with E-state index in [-0.39, 0.29) is 10.9 Å². The molecule has 1 rings (SSSR count). The van der Waals surface area contributed by atoms with Crippen LogP contribution in [0.15, 0.2) is 23.1 Å². The Balaban J connectivity index is 2.90. The van der Waals surface area contributed by atoms with E-state index >= 15 is 0 Å². The summed E-state index contributed by atoms with van der Waals surface area (Å²) >= 11 is 0. The van der Waals surface area contributed by atoms with Crippen LogP contribution < -0.4 is 15.8 Å². The summed E-state index contributed by atoms with van der Waals surface area (Å²) in [5.74, 6) is 0. The third-order valence-corrected chi connectivity index (χ3v) is 4.11. The molecule has 0 radical (unpaired) electrons. The molecule has 0 heterocycles. The topological polar surface area (TPSA) is 104 Å². The van der Waals surface area contributed by atoms with E-state index in [0.717, 1.165) is 0 Å². The summed E-state index contributed by atoms with van der Waals surface area (Å²) in [5, 5.41) is 12.4. The molecule has 0 aliphatic rings. The first-order chi connectivity index (χ1) is 8.76. The monoisotopic (exact) mass is 287 g/mol. The second-order valence-electron chi connectivity index (χ2n) is 4.59. The first-order valence-electron chi connectivity index (χ1n) is 6.04. The summed E-state index contributed by atoms with van der Waals surface area (Å²) < 4.78 is 25.5. The Hall–Kier alpha value is -1.31. The van der Waals surface area contributed by atoms with Crippen LogP contribution in [0.2, 0.25) is 0 Å². The van der Waals surface area contributed by atoms with E-state index in [4.69, 9.17) is 5.73 Å². The average Bonchev–Trinajstić information content (AvgIpc) is 2.30. The van der Waals surface area contributed by atoms with E-state index in [1.807, 2.05) is 6.92 Å². The number of sulfonamides is 1. The molecule has 0 bridgehead atoms. The van der Waals surface area contributed by atoms with Crippen molar-refractivity contribution < 1.29 is 13.5 Å². The second kappa shape index (κ2) is 6.23. The fourth-order valence-electron chi connectivity index (χ4n) is 1.79. The van der Waals surface area contributed by atoms with Gasteiger partial charge in [0.15, 0.2) is 0 Å². The predicted molar refractivity (Wildman–Crippen MR) is 76.5 cm³/mol. The van der Waals surface area contributed by atoms with Gasteiger partial charge in [0, 0.05) is 6.04 Å². The number of nitrogens with one attached hydrogen (secondary N) is 2. The van der Waals surface area contributed by atoms with Crippen LogP contribution >= 0.6 is 0 Å². The molecule has 5 N–H and O–H groups in total. The standard InChI is InChI=1S/C12H21N3O3S/c1-8(6-9(2)16)15-12-5-4-10(7-11(12)13)19(17,18)14-3/h4-5,7-9,14-16H,6,13H2,1-3H3. The van der Waals surface area contributed by atoms with Crippen LogP contribution in [0.1, 0.15) is 20.3 Å². The Bertz CT molecular complexity index is 529. The lowest BCUT2D eigenvalue weighted by atomic mass is 10.1. The van der Waals surface area contributed by atoms with Gasteiger partial charge in [-0.05, 0) is 45.5 Å². The van der Waals surface area contributed by atoms with Crippen LogP contribution in [0.3, 0.4) is 0 Å². The van der Waals surface area contributed by atoms with Crippen molar-refractivity contribution >= 4 is 21.4 Å². The van der Waals surface area contributed by atoms with Crippen LogP contribution in [0.4, 0.5) is 11.4 Å². The lowest BCUT2D eigenvalue weighted by Crippen LogP contribution is -2.22. The van der Waals surface area contributed by atoms with E-state index in [1.165, 1.54) is 19.2 Å². The fourth-order valence-corrected chi connectivity index (χ4v) is 2.56. The zero-order valence-corrected chi connectivity index (χ0v) is 12.2. The number of aliphatic hydroxyl groups excluding tert-OH is 1. The largest absolute Gasteiger partial charge is 0.397 e. The molecule has 7 heteroatoms. The molecule has 2 unspecified atom stereocenters. The summed E-state index contributed by atoms with van der Waals surface area (Å²) in [6, 6.07) is 4.55. The van der Waals surface area contributed by atoms with Crippen molar-refractivity contribution in [3.05, 3.63) is 18.2 Å². The van der Waals surface area contributed by atoms with Crippen LogP contribution in [-0.4, -0.2) is 32.7 Å². The van der Waals surface area contributed by atoms with Crippen molar-refractivity contribution in [2.75, 3.05) is 18.1 Å². The van der Waals surface area contributed by atoms with Gasteiger partial charge in [0.05, 0.1) is 22.4 Å². The van der Waals surface area contributed by atoms with Gasteiger partial charge in [-0.1, -0.05) is 0 Å². The molecule has 6 nitrogen and oxygen atoms in total. The maximum Gasteiger partial charge on any atom is 0.240 e. The third kappa shape index (κ3) is 4.38. The van der Waals surface area contributed by atoms with E-state index < -0.39 is 16.1 Å². The molecule has 0 aromatic heterocycles. The molecule has 0 spiro atoms. The summed E-state index contributed by atoms with van der Waals surface area (Å²) in [5.41, 5.74) is 6.85. The van der Waals surface area contributed by atoms with Gasteiger partial charge in [0.1, 0.15) is 0 Å². The molecule has 0 aliphatic carbocycles. The zero-order valence-electron chi connectivity index (χ0n) is 11.3. The lowest BCUT2D eigenvalue weighted by Gasteiger charge is -2.18. The van der Waals surface area contributed by atoms with Gasteiger partial charge in [-0.25, -0.2) is 13.1 Å². The number of hydrogen-bond donors (Lipinski definition) is 4. The highest BCUT2D eigenvalue weighted by molar-refractivity contribution is 7.89. The minimum Gasteiger partial charge on any atom is -0.397 e. The van der Waals surface area contributed by atoms with Crippen LogP contribution in [0, 0.1) is 0 Å². The maximum atomic E-state index is 11.6. The molecular weight excluding hydrogens is 266 g/mol. The number of benzene rings is 1. The SMILES string of the molecule is CNS(=O)(=O)c1ccc(NC(C)CC(C)O)c(N)c1. The Morgan fingerprint density at radius 1 is 1.37 bits per heavy atom. The van der Waals surface area contributed by atoms with Crippen LogP contribution in [0.5, 0.6) is 0 Å². The number of rotatable bonds is 6. The van der Waals surface area contributed by atoms with Crippen LogP contribution in [-0.2, 0) is 10.0 Å². The summed E-state index contributed by atoms with van der Waals surface area (Å²) in [4.78, 5) is 0.126. The minimum absolute atomic E-state index is 0.0362. The molecule has 0 saturated carbocycles. The van der Waals surface area contributed by atoms with Gasteiger partial charge in [0.2, 0.25) is 10.0 Å². The second-order valence-corrected chi connectivity index (χ2v) is 6.47. The average molecular weight is 287 g/mol. The smallest absolute Gasteiger partial charge is 0.240 e. The van der Waals surface area contributed by atoms with Gasteiger partial charge in [-0.3, -0.25) is 0 Å². The molecule has 1 aromatic rings. The first kappa shape index (κ1) is 15.7. The van der Waals surface area contributed by atoms with E-state index in [0.29, 0.717) is 17.8 Å². The molecule has 19 heavy (non-hydrogen) atoms. The number of aliphatic hydroxyl groups is 1. The van der Waals surface area contributed by atoms with E-state index in [1.54, 1.807) is 13.0 Å². The van der Waals surface area contributed by atoms with Crippen molar-refractivity contribution in [1.82, 2.24) is 4.72 Å². The van der Waals surface area contributed by atoms with Gasteiger partial charge in [-0.15, -0.1) is 0 Å². The zero-order chi connectivity index (χ0) is 14.6. The number of nitrogens with two attached hydrogens (primary N) is 1. The third-order valence-electron chi connectivity index (χ3n) is 2.70. The quantitative estimate of drug-likeness (QED) is 0.578. The molecule has 0 aliphatic heterocycles. The molecule has 0 saturated heterocycles. The van der Waals surface area contributed by atoms with Crippen molar-refractivity contribution in [2.45, 2.75) is 37.3 Å². The van der Waals surface area contributed by atoms with E-state index in [2.05, 4.69) is 10.0 Å².